The third-order valence-electron chi connectivity index (χ3n) is 3.94. The van der Waals surface area contributed by atoms with Crippen molar-refractivity contribution in [3.05, 3.63) is 35.6 Å². The Morgan fingerprint density at radius 1 is 1.06 bits per heavy atom. The number of alkyl carbamates (subject to hydrolysis) is 1. The first-order valence-electron chi connectivity index (χ1n) is 9.27. The number of benzene rings is 1. The molecule has 2 atom stereocenters. The zero-order valence-corrected chi connectivity index (χ0v) is 16.4. The highest BCUT2D eigenvalue weighted by atomic mass is 18.2. The second-order valence-electron chi connectivity index (χ2n) is 6.29. The van der Waals surface area contributed by atoms with Gasteiger partial charge in [0, 0.05) is 24.9 Å². The maximum Gasteiger partial charge on any atom is 0.410 e. The van der Waals surface area contributed by atoms with Crippen LogP contribution < -0.4 is 10.6 Å². The van der Waals surface area contributed by atoms with Crippen LogP contribution in [0, 0.1) is 5.82 Å². The van der Waals surface area contributed by atoms with Crippen molar-refractivity contribution in [2.24, 2.45) is 0 Å². The van der Waals surface area contributed by atoms with Gasteiger partial charge >= 0.3 is 18.0 Å². The lowest BCUT2D eigenvalue weighted by Gasteiger charge is -2.18. The first kappa shape index (κ1) is 25.3. The number of carbonyl (C=O) groups excluding carboxylic acids is 3. The number of carboxylic acid groups (broad SMARTS) is 2. The number of hydrogen-bond donors (Lipinski definition) is 4. The third-order valence-corrected chi connectivity index (χ3v) is 3.94. The zero-order valence-electron chi connectivity index (χ0n) is 16.4. The first-order valence-corrected chi connectivity index (χ1v) is 9.27. The molecular weight excluding hydrogens is 418 g/mol. The second-order valence-corrected chi connectivity index (χ2v) is 6.29. The Bertz CT molecular complexity index is 770. The van der Waals surface area contributed by atoms with E-state index in [9.17, 15) is 28.4 Å². The Labute approximate surface area is 176 Å². The number of rotatable bonds is 14. The van der Waals surface area contributed by atoms with Crippen molar-refractivity contribution >= 4 is 30.4 Å². The summed E-state index contributed by atoms with van der Waals surface area (Å²) in [6.45, 7) is 0.319. The highest BCUT2D eigenvalue weighted by Crippen LogP contribution is 2.08. The molecule has 0 saturated carbocycles. The standard InChI is InChI=1S/C19H23FN2O9/c20-13-6-4-12(5-7-13)17(26)21-10-2-1-3-16(30-11-23)31-19(29)22-14(18(27)28)8-9-15(24)25/h4-7,11,14,16H,1-3,8-10H2,(H,21,26)(H,22,29)(H,24,25)(H,27,28)/t14-,16-/m0/s1/i20-1. The van der Waals surface area contributed by atoms with Crippen LogP contribution in [0.15, 0.2) is 24.3 Å². The quantitative estimate of drug-likeness (QED) is 0.189. The van der Waals surface area contributed by atoms with Crippen molar-refractivity contribution in [3.63, 3.8) is 0 Å². The van der Waals surface area contributed by atoms with Gasteiger partial charge in [0.1, 0.15) is 11.9 Å². The van der Waals surface area contributed by atoms with Crippen molar-refractivity contribution in [3.8, 4) is 0 Å². The van der Waals surface area contributed by atoms with Crippen molar-refractivity contribution in [1.29, 1.82) is 0 Å². The molecule has 1 rings (SSSR count). The van der Waals surface area contributed by atoms with Gasteiger partial charge in [0.05, 0.1) is 0 Å². The molecule has 0 aliphatic rings. The van der Waals surface area contributed by atoms with Crippen molar-refractivity contribution in [1.82, 2.24) is 10.6 Å². The summed E-state index contributed by atoms with van der Waals surface area (Å²) in [6.07, 6.45) is -2.43. The van der Waals surface area contributed by atoms with E-state index in [-0.39, 0.29) is 25.9 Å². The minimum absolute atomic E-state index is 0.0629. The number of aliphatic carboxylic acids is 2. The van der Waals surface area contributed by atoms with Crippen molar-refractivity contribution in [2.45, 2.75) is 44.4 Å². The summed E-state index contributed by atoms with van der Waals surface area (Å²) >= 11 is 0. The summed E-state index contributed by atoms with van der Waals surface area (Å²) in [5, 5.41) is 22.2. The van der Waals surface area contributed by atoms with Crippen LogP contribution in [-0.2, 0) is 23.9 Å². The molecule has 0 heterocycles. The monoisotopic (exact) mass is 441 g/mol. The largest absolute Gasteiger partial charge is 0.481 e. The van der Waals surface area contributed by atoms with Crippen LogP contribution in [-0.4, -0.2) is 59.5 Å². The van der Waals surface area contributed by atoms with E-state index in [1.165, 1.54) is 12.1 Å². The number of hydrogen-bond acceptors (Lipinski definition) is 7. The Hall–Kier alpha value is -3.70. The molecule has 0 aliphatic carbocycles. The Morgan fingerprint density at radius 3 is 2.32 bits per heavy atom. The van der Waals surface area contributed by atoms with Gasteiger partial charge in [-0.05, 0) is 43.5 Å². The normalized spacial score (nSPS) is 12.2. The number of carboxylic acids is 2. The van der Waals surface area contributed by atoms with Crippen molar-refractivity contribution in [2.75, 3.05) is 6.54 Å². The Morgan fingerprint density at radius 2 is 1.74 bits per heavy atom. The van der Waals surface area contributed by atoms with Crippen LogP contribution in [0.3, 0.4) is 0 Å². The van der Waals surface area contributed by atoms with Crippen LogP contribution in [0.1, 0.15) is 42.5 Å². The van der Waals surface area contributed by atoms with Gasteiger partial charge in [0.2, 0.25) is 6.29 Å². The number of unbranched alkanes of at least 4 members (excludes halogenated alkanes) is 1. The fraction of sp³-hybridized carbons (Fsp3) is 0.421. The van der Waals surface area contributed by atoms with Gasteiger partial charge in [-0.25, -0.2) is 14.0 Å². The molecule has 1 aromatic carbocycles. The van der Waals surface area contributed by atoms with E-state index < -0.39 is 48.5 Å². The molecule has 0 radical (unpaired) electrons. The highest BCUT2D eigenvalue weighted by molar-refractivity contribution is 5.94. The summed E-state index contributed by atoms with van der Waals surface area (Å²) in [6, 6.07) is 3.52. The van der Waals surface area contributed by atoms with E-state index in [2.05, 4.69) is 10.1 Å². The van der Waals surface area contributed by atoms with Gasteiger partial charge in [-0.1, -0.05) is 0 Å². The molecule has 0 saturated heterocycles. The van der Waals surface area contributed by atoms with Crippen LogP contribution >= 0.6 is 0 Å². The minimum Gasteiger partial charge on any atom is -0.481 e. The number of carbonyl (C=O) groups is 5. The number of halogens is 1. The third kappa shape index (κ3) is 10.6. The predicted octanol–water partition coefficient (Wildman–Crippen LogP) is 1.27. The molecule has 12 heteroatoms. The van der Waals surface area contributed by atoms with E-state index in [0.717, 1.165) is 12.1 Å². The Kier molecular flexibility index (Phi) is 11.0. The maximum atomic E-state index is 12.8. The molecular formula is C19H23FN2O9. The minimum atomic E-state index is -1.48. The number of amides is 2. The van der Waals surface area contributed by atoms with Gasteiger partial charge in [-0.2, -0.15) is 0 Å². The second kappa shape index (κ2) is 13.5. The molecule has 0 fully saturated rings. The van der Waals surface area contributed by atoms with E-state index in [4.69, 9.17) is 14.9 Å². The molecule has 170 valence electrons. The average Bonchev–Trinajstić information content (AvgIpc) is 2.70. The summed E-state index contributed by atoms with van der Waals surface area (Å²) in [4.78, 5) is 55.9. The zero-order chi connectivity index (χ0) is 23.2. The number of ether oxygens (including phenoxy) is 2. The summed E-state index contributed by atoms with van der Waals surface area (Å²) in [5.74, 6) is -3.52. The molecule has 0 bridgehead atoms. The average molecular weight is 441 g/mol. The lowest BCUT2D eigenvalue weighted by atomic mass is 10.1. The molecule has 0 unspecified atom stereocenters. The molecule has 1 aromatic rings. The fourth-order valence-corrected chi connectivity index (χ4v) is 2.38. The molecule has 0 aliphatic heterocycles. The van der Waals surface area contributed by atoms with Gasteiger partial charge in [0.25, 0.3) is 12.4 Å². The van der Waals surface area contributed by atoms with Gasteiger partial charge in [0.15, 0.2) is 0 Å². The molecule has 0 spiro atoms. The van der Waals surface area contributed by atoms with Crippen LogP contribution in [0.25, 0.3) is 0 Å². The topological polar surface area (TPSA) is 168 Å². The Balaban J connectivity index is 2.38. The van der Waals surface area contributed by atoms with Gasteiger partial charge < -0.3 is 30.3 Å². The number of nitrogens with one attached hydrogen (secondary N) is 2. The molecule has 11 nitrogen and oxygen atoms in total. The van der Waals surface area contributed by atoms with Gasteiger partial charge in [-0.15, -0.1) is 0 Å². The smallest absolute Gasteiger partial charge is 0.410 e. The molecule has 2 amide bonds. The van der Waals surface area contributed by atoms with Gasteiger partial charge in [-0.3, -0.25) is 14.4 Å². The maximum absolute atomic E-state index is 12.8. The van der Waals surface area contributed by atoms with Crippen LogP contribution in [0.2, 0.25) is 0 Å². The van der Waals surface area contributed by atoms with Crippen LogP contribution in [0.5, 0.6) is 0 Å². The van der Waals surface area contributed by atoms with E-state index in [1.54, 1.807) is 0 Å². The fourth-order valence-electron chi connectivity index (χ4n) is 2.38. The summed E-state index contributed by atoms with van der Waals surface area (Å²) in [7, 11) is 0. The lowest BCUT2D eigenvalue weighted by Crippen LogP contribution is -2.42. The predicted molar refractivity (Wildman–Crippen MR) is 101 cm³/mol. The van der Waals surface area contributed by atoms with E-state index in [1.807, 2.05) is 5.32 Å². The van der Waals surface area contributed by atoms with Crippen LogP contribution in [0.4, 0.5) is 9.18 Å². The molecule has 31 heavy (non-hydrogen) atoms. The SMILES string of the molecule is O=CO[C@H](CCCCNC(=O)c1ccc([18F])cc1)OC(=O)N[C@@H](CCC(=O)O)C(=O)O. The molecule has 4 N–H and O–H groups in total. The lowest BCUT2D eigenvalue weighted by molar-refractivity contribution is -0.154. The first-order chi connectivity index (χ1) is 14.7. The van der Waals surface area contributed by atoms with E-state index >= 15 is 0 Å². The summed E-state index contributed by atoms with van der Waals surface area (Å²) < 4.78 is 22.3. The highest BCUT2D eigenvalue weighted by Gasteiger charge is 2.24. The molecule has 0 aromatic heterocycles. The van der Waals surface area contributed by atoms with E-state index in [0.29, 0.717) is 18.4 Å². The summed E-state index contributed by atoms with van der Waals surface area (Å²) in [5.41, 5.74) is 0.291. The van der Waals surface area contributed by atoms with Crippen molar-refractivity contribution < 1.29 is 48.0 Å².